The maximum Gasteiger partial charge on any atom is 0.139 e. The Bertz CT molecular complexity index is 976. The number of nitrogen functional groups attached to an aromatic ring is 1. The molecule has 4 aromatic rings. The number of benzene rings is 2. The maximum atomic E-state index is 5.93. The number of anilines is 3. The molecule has 108 valence electrons. The Morgan fingerprint density at radius 1 is 0.955 bits per heavy atom. The lowest BCUT2D eigenvalue weighted by Gasteiger charge is -2.10. The minimum atomic E-state index is 0.713. The minimum absolute atomic E-state index is 0.713. The van der Waals surface area contributed by atoms with Gasteiger partial charge in [0.1, 0.15) is 5.82 Å². The quantitative estimate of drug-likeness (QED) is 0.483. The smallest absolute Gasteiger partial charge is 0.139 e. The van der Waals surface area contributed by atoms with Gasteiger partial charge in [-0.25, -0.2) is 4.98 Å². The second kappa shape index (κ2) is 5.16. The van der Waals surface area contributed by atoms with Gasteiger partial charge in [-0.1, -0.05) is 17.7 Å². The highest BCUT2D eigenvalue weighted by atomic mass is 35.5. The first-order valence-electron chi connectivity index (χ1n) is 6.78. The summed E-state index contributed by atoms with van der Waals surface area (Å²) in [6.45, 7) is 0. The summed E-state index contributed by atoms with van der Waals surface area (Å²) in [4.78, 5) is 4.74. The maximum absolute atomic E-state index is 5.93. The monoisotopic (exact) mass is 325 g/mol. The number of thiophene rings is 1. The van der Waals surface area contributed by atoms with Gasteiger partial charge in [0.15, 0.2) is 0 Å². The molecule has 0 saturated carbocycles. The molecule has 0 radical (unpaired) electrons. The molecule has 4 rings (SSSR count). The van der Waals surface area contributed by atoms with Crippen LogP contribution in [-0.4, -0.2) is 4.98 Å². The number of halogens is 1. The molecule has 0 amide bonds. The fraction of sp³-hybridized carbons (Fsp3) is 0. The van der Waals surface area contributed by atoms with Crippen LogP contribution in [0.2, 0.25) is 5.02 Å². The highest BCUT2D eigenvalue weighted by molar-refractivity contribution is 7.09. The lowest BCUT2D eigenvalue weighted by Crippen LogP contribution is -1.95. The zero-order valence-electron chi connectivity index (χ0n) is 11.5. The lowest BCUT2D eigenvalue weighted by molar-refractivity contribution is 1.40. The van der Waals surface area contributed by atoms with E-state index in [1.54, 1.807) is 11.3 Å². The number of rotatable bonds is 2. The van der Waals surface area contributed by atoms with Gasteiger partial charge in [-0.15, -0.1) is 0 Å². The van der Waals surface area contributed by atoms with E-state index in [4.69, 9.17) is 22.3 Å². The topological polar surface area (TPSA) is 50.9 Å². The molecule has 0 unspecified atom stereocenters. The lowest BCUT2D eigenvalue weighted by atomic mass is 10.1. The van der Waals surface area contributed by atoms with Crippen LogP contribution < -0.4 is 11.1 Å². The predicted octanol–water partition coefficient (Wildman–Crippen LogP) is 5.43. The van der Waals surface area contributed by atoms with E-state index < -0.39 is 0 Å². The van der Waals surface area contributed by atoms with Gasteiger partial charge in [0.05, 0.1) is 5.52 Å². The van der Waals surface area contributed by atoms with Gasteiger partial charge in [0.25, 0.3) is 0 Å². The summed E-state index contributed by atoms with van der Waals surface area (Å²) >= 11 is 7.60. The van der Waals surface area contributed by atoms with Gasteiger partial charge in [-0.3, -0.25) is 0 Å². The van der Waals surface area contributed by atoms with Gasteiger partial charge in [-0.05, 0) is 41.8 Å². The fourth-order valence-electron chi connectivity index (χ4n) is 2.50. The summed E-state index contributed by atoms with van der Waals surface area (Å²) in [5.41, 5.74) is 8.45. The van der Waals surface area contributed by atoms with Crippen molar-refractivity contribution in [1.82, 2.24) is 4.98 Å². The summed E-state index contributed by atoms with van der Waals surface area (Å²) in [7, 11) is 0. The van der Waals surface area contributed by atoms with E-state index >= 15 is 0 Å². The van der Waals surface area contributed by atoms with Gasteiger partial charge >= 0.3 is 0 Å². The van der Waals surface area contributed by atoms with E-state index in [0.717, 1.165) is 27.8 Å². The van der Waals surface area contributed by atoms with Crippen LogP contribution in [0.1, 0.15) is 0 Å². The summed E-state index contributed by atoms with van der Waals surface area (Å²) < 4.78 is 0. The van der Waals surface area contributed by atoms with Gasteiger partial charge in [0, 0.05) is 37.9 Å². The Morgan fingerprint density at radius 3 is 2.55 bits per heavy atom. The molecule has 0 aliphatic carbocycles. The molecule has 2 heterocycles. The van der Waals surface area contributed by atoms with Crippen molar-refractivity contribution in [3.05, 3.63) is 58.2 Å². The standard InChI is InChI=1S/C17H12ClN3S/c18-10-1-4-12(5-2-10)20-17-15-9-22-8-14(15)13-6-3-11(19)7-16(13)21-17/h1-9H,19H2,(H,20,21). The third-order valence-corrected chi connectivity index (χ3v) is 4.56. The molecule has 0 atom stereocenters. The Hall–Kier alpha value is -2.30. The predicted molar refractivity (Wildman–Crippen MR) is 96.3 cm³/mol. The largest absolute Gasteiger partial charge is 0.399 e. The van der Waals surface area contributed by atoms with Gasteiger partial charge < -0.3 is 11.1 Å². The van der Waals surface area contributed by atoms with Crippen molar-refractivity contribution in [3.8, 4) is 0 Å². The molecule has 3 N–H and O–H groups in total. The van der Waals surface area contributed by atoms with Crippen LogP contribution in [-0.2, 0) is 0 Å². The molecule has 0 aliphatic rings. The summed E-state index contributed by atoms with van der Waals surface area (Å²) in [5.74, 6) is 0.830. The van der Waals surface area contributed by atoms with Gasteiger partial charge in [-0.2, -0.15) is 11.3 Å². The molecule has 22 heavy (non-hydrogen) atoms. The number of nitrogens with one attached hydrogen (secondary N) is 1. The first kappa shape index (κ1) is 13.4. The van der Waals surface area contributed by atoms with E-state index in [9.17, 15) is 0 Å². The Balaban J connectivity index is 1.91. The van der Waals surface area contributed by atoms with Crippen molar-refractivity contribution >= 4 is 61.8 Å². The van der Waals surface area contributed by atoms with Crippen molar-refractivity contribution in [1.29, 1.82) is 0 Å². The van der Waals surface area contributed by atoms with Crippen LogP contribution in [0.3, 0.4) is 0 Å². The van der Waals surface area contributed by atoms with Crippen LogP contribution in [0.4, 0.5) is 17.2 Å². The molecule has 5 heteroatoms. The second-order valence-electron chi connectivity index (χ2n) is 5.07. The van der Waals surface area contributed by atoms with E-state index in [1.165, 1.54) is 5.39 Å². The van der Waals surface area contributed by atoms with Crippen LogP contribution in [0.5, 0.6) is 0 Å². The summed E-state index contributed by atoms with van der Waals surface area (Å²) in [5, 5.41) is 11.7. The molecule has 2 aromatic heterocycles. The second-order valence-corrected chi connectivity index (χ2v) is 6.25. The minimum Gasteiger partial charge on any atom is -0.399 e. The molecule has 3 nitrogen and oxygen atoms in total. The Morgan fingerprint density at radius 2 is 1.73 bits per heavy atom. The number of fused-ring (bicyclic) bond motifs is 3. The number of pyridine rings is 1. The molecule has 0 bridgehead atoms. The summed E-state index contributed by atoms with van der Waals surface area (Å²) in [6, 6.07) is 13.4. The van der Waals surface area contributed by atoms with E-state index in [2.05, 4.69) is 16.1 Å². The number of aromatic nitrogens is 1. The molecule has 0 saturated heterocycles. The number of nitrogens with two attached hydrogens (primary N) is 1. The molecular weight excluding hydrogens is 314 g/mol. The van der Waals surface area contributed by atoms with E-state index in [1.807, 2.05) is 42.5 Å². The van der Waals surface area contributed by atoms with Crippen molar-refractivity contribution in [2.24, 2.45) is 0 Å². The molecule has 0 spiro atoms. The zero-order valence-corrected chi connectivity index (χ0v) is 13.1. The van der Waals surface area contributed by atoms with Crippen LogP contribution in [0.15, 0.2) is 53.2 Å². The fourth-order valence-corrected chi connectivity index (χ4v) is 3.46. The van der Waals surface area contributed by atoms with Gasteiger partial charge in [0.2, 0.25) is 0 Å². The first-order chi connectivity index (χ1) is 10.7. The number of nitrogens with zero attached hydrogens (tertiary/aromatic N) is 1. The number of hydrogen-bond acceptors (Lipinski definition) is 4. The average Bonchev–Trinajstić information content (AvgIpc) is 2.99. The highest BCUT2D eigenvalue weighted by Gasteiger charge is 2.10. The van der Waals surface area contributed by atoms with Crippen molar-refractivity contribution in [2.45, 2.75) is 0 Å². The average molecular weight is 326 g/mol. The SMILES string of the molecule is Nc1ccc2c(c1)nc(Nc1ccc(Cl)cc1)c1cscc12. The van der Waals surface area contributed by atoms with Crippen LogP contribution >= 0.6 is 22.9 Å². The highest BCUT2D eigenvalue weighted by Crippen LogP contribution is 2.34. The Kier molecular flexibility index (Phi) is 3.13. The van der Waals surface area contributed by atoms with Crippen LogP contribution in [0, 0.1) is 0 Å². The van der Waals surface area contributed by atoms with E-state index in [0.29, 0.717) is 10.7 Å². The molecule has 0 aliphatic heterocycles. The Labute approximate surface area is 136 Å². The number of hydrogen-bond donors (Lipinski definition) is 2. The van der Waals surface area contributed by atoms with Crippen LogP contribution in [0.25, 0.3) is 21.7 Å². The van der Waals surface area contributed by atoms with Crippen molar-refractivity contribution < 1.29 is 0 Å². The molecule has 2 aromatic carbocycles. The van der Waals surface area contributed by atoms with Crippen molar-refractivity contribution in [2.75, 3.05) is 11.1 Å². The first-order valence-corrected chi connectivity index (χ1v) is 8.10. The molecule has 0 fully saturated rings. The van der Waals surface area contributed by atoms with Crippen molar-refractivity contribution in [3.63, 3.8) is 0 Å². The van der Waals surface area contributed by atoms with E-state index in [-0.39, 0.29) is 0 Å². The summed E-state index contributed by atoms with van der Waals surface area (Å²) in [6.07, 6.45) is 0. The third-order valence-electron chi connectivity index (χ3n) is 3.57. The third kappa shape index (κ3) is 2.26. The normalized spacial score (nSPS) is 11.1. The molecular formula is C17H12ClN3S. The zero-order chi connectivity index (χ0) is 15.1.